The third-order valence-corrected chi connectivity index (χ3v) is 7.32. The molecule has 1 aliphatic carbocycles. The lowest BCUT2D eigenvalue weighted by Gasteiger charge is -2.34. The molecule has 0 atom stereocenters. The minimum atomic E-state index is -0.796. The van der Waals surface area contributed by atoms with Gasteiger partial charge in [0.15, 0.2) is 0 Å². The van der Waals surface area contributed by atoms with Gasteiger partial charge in [0, 0.05) is 44.3 Å². The average Bonchev–Trinajstić information content (AvgIpc) is 3.04. The monoisotopic (exact) mass is 443 g/mol. The Morgan fingerprint density at radius 1 is 0.906 bits per heavy atom. The van der Waals surface area contributed by atoms with Crippen molar-refractivity contribution in [2.75, 3.05) is 37.6 Å². The van der Waals surface area contributed by atoms with Crippen molar-refractivity contribution >= 4 is 23.7 Å². The number of anilines is 1. The maximum absolute atomic E-state index is 13.2. The number of nitrogens with zero attached hydrogens (tertiary/aromatic N) is 3. The van der Waals surface area contributed by atoms with Gasteiger partial charge in [0.05, 0.1) is 6.54 Å². The number of aliphatic carboxylic acids is 2. The van der Waals surface area contributed by atoms with Crippen molar-refractivity contribution in [1.82, 2.24) is 9.80 Å². The quantitative estimate of drug-likeness (QED) is 0.672. The summed E-state index contributed by atoms with van der Waals surface area (Å²) in [6.45, 7) is 2.94. The number of amides is 2. The second-order valence-electron chi connectivity index (χ2n) is 9.36. The van der Waals surface area contributed by atoms with Crippen molar-refractivity contribution in [2.45, 2.75) is 57.4 Å². The summed E-state index contributed by atoms with van der Waals surface area (Å²) in [6.07, 6.45) is 6.48. The summed E-state index contributed by atoms with van der Waals surface area (Å²) in [6, 6.07) is 6.55. The Balaban J connectivity index is 1.35. The summed E-state index contributed by atoms with van der Waals surface area (Å²) >= 11 is 0. The highest BCUT2D eigenvalue weighted by molar-refractivity contribution is 5.94. The fourth-order valence-electron chi connectivity index (χ4n) is 5.48. The predicted molar refractivity (Wildman–Crippen MR) is 120 cm³/mol. The highest BCUT2D eigenvalue weighted by Gasteiger charge is 2.36. The third-order valence-electron chi connectivity index (χ3n) is 7.32. The summed E-state index contributed by atoms with van der Waals surface area (Å²) in [5.74, 6) is -1.07. The predicted octanol–water partition coefficient (Wildman–Crippen LogP) is 2.84. The van der Waals surface area contributed by atoms with Crippen LogP contribution in [0.25, 0.3) is 0 Å². The van der Waals surface area contributed by atoms with Crippen LogP contribution < -0.4 is 4.90 Å². The number of urea groups is 1. The minimum Gasteiger partial charge on any atom is -0.481 e. The van der Waals surface area contributed by atoms with Crippen LogP contribution in [0.3, 0.4) is 0 Å². The molecule has 0 unspecified atom stereocenters. The van der Waals surface area contributed by atoms with Crippen LogP contribution in [0.2, 0.25) is 0 Å². The summed E-state index contributed by atoms with van der Waals surface area (Å²) < 4.78 is 0. The van der Waals surface area contributed by atoms with E-state index in [0.717, 1.165) is 63.7 Å². The van der Waals surface area contributed by atoms with Crippen LogP contribution in [0.5, 0.6) is 0 Å². The van der Waals surface area contributed by atoms with Gasteiger partial charge < -0.3 is 15.1 Å². The van der Waals surface area contributed by atoms with Gasteiger partial charge in [-0.25, -0.2) is 4.79 Å². The number of rotatable bonds is 7. The highest BCUT2D eigenvalue weighted by atomic mass is 16.4. The van der Waals surface area contributed by atoms with E-state index >= 15 is 0 Å². The maximum atomic E-state index is 13.2. The molecule has 1 saturated carbocycles. The number of carbonyl (C=O) groups excluding carboxylic acids is 1. The van der Waals surface area contributed by atoms with E-state index in [2.05, 4.69) is 12.1 Å². The van der Waals surface area contributed by atoms with Gasteiger partial charge in [0.2, 0.25) is 0 Å². The summed E-state index contributed by atoms with van der Waals surface area (Å²) in [5, 5.41) is 18.0. The first-order chi connectivity index (χ1) is 15.4. The molecule has 174 valence electrons. The van der Waals surface area contributed by atoms with Gasteiger partial charge in [-0.2, -0.15) is 0 Å². The molecule has 1 aromatic rings. The number of carboxylic acid groups (broad SMARTS) is 2. The Bertz CT molecular complexity index is 865. The van der Waals surface area contributed by atoms with Crippen LogP contribution in [-0.2, 0) is 22.4 Å². The zero-order valence-corrected chi connectivity index (χ0v) is 18.5. The van der Waals surface area contributed by atoms with Crippen LogP contribution >= 0.6 is 0 Å². The standard InChI is InChI=1S/C24H33N3O5/c28-22(29)8-3-17-1-5-20(6-2-17)26-13-14-27(24(26)32)21-7-4-18-9-11-25(16-23(30)31)12-10-19(18)15-21/h4,7,15,17,20H,1-3,5-6,8-14,16H2,(H,28,29)(H,30,31). The Hall–Kier alpha value is -2.61. The zero-order chi connectivity index (χ0) is 22.7. The SMILES string of the molecule is O=C(O)CCC1CCC(N2CCN(c3ccc4c(c3)CCN(CC(=O)O)CC4)C2=O)CC1. The Labute approximate surface area is 188 Å². The van der Waals surface area contributed by atoms with E-state index in [9.17, 15) is 14.4 Å². The first-order valence-corrected chi connectivity index (χ1v) is 11.8. The van der Waals surface area contributed by atoms with E-state index in [-0.39, 0.29) is 25.0 Å². The molecule has 4 rings (SSSR count). The van der Waals surface area contributed by atoms with Gasteiger partial charge in [-0.15, -0.1) is 0 Å². The zero-order valence-electron chi connectivity index (χ0n) is 18.5. The highest BCUT2D eigenvalue weighted by Crippen LogP contribution is 2.33. The second kappa shape index (κ2) is 9.90. The van der Waals surface area contributed by atoms with Crippen LogP contribution in [0.4, 0.5) is 10.5 Å². The molecule has 0 radical (unpaired) electrons. The van der Waals surface area contributed by atoms with Crippen LogP contribution in [0, 0.1) is 5.92 Å². The lowest BCUT2D eigenvalue weighted by molar-refractivity contribution is -0.138. The van der Waals surface area contributed by atoms with Crippen molar-refractivity contribution in [3.05, 3.63) is 29.3 Å². The molecule has 2 aliphatic heterocycles. The van der Waals surface area contributed by atoms with Crippen LogP contribution in [-0.4, -0.2) is 76.7 Å². The van der Waals surface area contributed by atoms with Gasteiger partial charge in [-0.1, -0.05) is 6.07 Å². The number of hydrogen-bond donors (Lipinski definition) is 2. The van der Waals surface area contributed by atoms with Crippen molar-refractivity contribution in [2.24, 2.45) is 5.92 Å². The first kappa shape index (κ1) is 22.6. The van der Waals surface area contributed by atoms with E-state index in [4.69, 9.17) is 10.2 Å². The van der Waals surface area contributed by atoms with E-state index in [1.807, 2.05) is 20.8 Å². The van der Waals surface area contributed by atoms with Crippen molar-refractivity contribution < 1.29 is 24.6 Å². The van der Waals surface area contributed by atoms with Crippen LogP contribution in [0.15, 0.2) is 18.2 Å². The smallest absolute Gasteiger partial charge is 0.324 e. The largest absolute Gasteiger partial charge is 0.481 e. The number of carboxylic acids is 2. The van der Waals surface area contributed by atoms with E-state index < -0.39 is 11.9 Å². The van der Waals surface area contributed by atoms with E-state index in [1.165, 1.54) is 11.1 Å². The van der Waals surface area contributed by atoms with Crippen molar-refractivity contribution in [3.63, 3.8) is 0 Å². The molecule has 2 heterocycles. The molecule has 0 spiro atoms. The molecule has 1 aromatic carbocycles. The summed E-state index contributed by atoms with van der Waals surface area (Å²) in [7, 11) is 0. The number of benzene rings is 1. The number of fused-ring (bicyclic) bond motifs is 1. The van der Waals surface area contributed by atoms with Gasteiger partial charge in [0.25, 0.3) is 0 Å². The fourth-order valence-corrected chi connectivity index (χ4v) is 5.48. The maximum Gasteiger partial charge on any atom is 0.324 e. The topological polar surface area (TPSA) is 101 Å². The summed E-state index contributed by atoms with van der Waals surface area (Å²) in [5.41, 5.74) is 3.38. The first-order valence-electron chi connectivity index (χ1n) is 11.8. The second-order valence-corrected chi connectivity index (χ2v) is 9.36. The molecule has 2 N–H and O–H groups in total. The summed E-state index contributed by atoms with van der Waals surface area (Å²) in [4.78, 5) is 40.9. The molecule has 1 saturated heterocycles. The molecule has 8 heteroatoms. The minimum absolute atomic E-state index is 0.0684. The van der Waals surface area contributed by atoms with Gasteiger partial charge in [0.1, 0.15) is 0 Å². The molecule has 32 heavy (non-hydrogen) atoms. The van der Waals surface area contributed by atoms with Crippen molar-refractivity contribution in [3.8, 4) is 0 Å². The van der Waals surface area contributed by atoms with E-state index in [1.54, 1.807) is 0 Å². The molecule has 3 aliphatic rings. The number of carbonyl (C=O) groups is 3. The molecule has 2 amide bonds. The normalized spacial score (nSPS) is 24.3. The Kier molecular flexibility index (Phi) is 6.98. The number of hydrogen-bond acceptors (Lipinski definition) is 4. The molecular formula is C24H33N3O5. The lowest BCUT2D eigenvalue weighted by Crippen LogP contribution is -2.41. The Morgan fingerprint density at radius 2 is 1.62 bits per heavy atom. The molecular weight excluding hydrogens is 410 g/mol. The van der Waals surface area contributed by atoms with Gasteiger partial charge in [-0.3, -0.25) is 19.4 Å². The lowest BCUT2D eigenvalue weighted by atomic mass is 9.83. The molecule has 0 aromatic heterocycles. The Morgan fingerprint density at radius 3 is 2.31 bits per heavy atom. The van der Waals surface area contributed by atoms with Gasteiger partial charge in [-0.05, 0) is 74.1 Å². The molecule has 8 nitrogen and oxygen atoms in total. The third kappa shape index (κ3) is 5.23. The average molecular weight is 444 g/mol. The van der Waals surface area contributed by atoms with Crippen molar-refractivity contribution in [1.29, 1.82) is 0 Å². The molecule has 2 fully saturated rings. The fraction of sp³-hybridized carbons (Fsp3) is 0.625. The van der Waals surface area contributed by atoms with E-state index in [0.29, 0.717) is 19.0 Å². The van der Waals surface area contributed by atoms with Gasteiger partial charge >= 0.3 is 18.0 Å². The van der Waals surface area contributed by atoms with Crippen LogP contribution in [0.1, 0.15) is 49.7 Å². The molecule has 0 bridgehead atoms.